The van der Waals surface area contributed by atoms with Crippen LogP contribution in [0.4, 0.5) is 0 Å². The van der Waals surface area contributed by atoms with Crippen molar-refractivity contribution >= 4 is 10.9 Å². The van der Waals surface area contributed by atoms with Gasteiger partial charge in [-0.05, 0) is 37.6 Å². The molecule has 1 aliphatic heterocycles. The van der Waals surface area contributed by atoms with Gasteiger partial charge in [0.25, 0.3) is 0 Å². The third kappa shape index (κ3) is 1.88. The molecule has 0 aliphatic carbocycles. The number of nitrogens with one attached hydrogen (secondary N) is 2. The van der Waals surface area contributed by atoms with Crippen LogP contribution in [0.1, 0.15) is 12.8 Å². The smallest absolute Gasteiger partial charge is 0.120 e. The van der Waals surface area contributed by atoms with Crippen molar-refractivity contribution in [1.82, 2.24) is 15.5 Å². The molecule has 1 aliphatic rings. The van der Waals surface area contributed by atoms with Crippen molar-refractivity contribution in [3.05, 3.63) is 24.4 Å². The molecule has 1 saturated heterocycles. The summed E-state index contributed by atoms with van der Waals surface area (Å²) in [7, 11) is 0. The van der Waals surface area contributed by atoms with Gasteiger partial charge in [0.15, 0.2) is 0 Å². The summed E-state index contributed by atoms with van der Waals surface area (Å²) in [5.74, 6) is 0.933. The zero-order valence-electron chi connectivity index (χ0n) is 9.07. The lowest BCUT2D eigenvalue weighted by Crippen LogP contribution is -2.37. The number of aromatic nitrogens is 2. The molecule has 4 heteroatoms. The van der Waals surface area contributed by atoms with E-state index in [-0.39, 0.29) is 0 Å². The second-order valence-corrected chi connectivity index (χ2v) is 4.21. The third-order valence-corrected chi connectivity index (χ3v) is 2.97. The predicted molar refractivity (Wildman–Crippen MR) is 62.6 cm³/mol. The second-order valence-electron chi connectivity index (χ2n) is 4.21. The summed E-state index contributed by atoms with van der Waals surface area (Å²) in [5.41, 5.74) is 1.05. The van der Waals surface area contributed by atoms with Gasteiger partial charge in [-0.3, -0.25) is 5.10 Å². The van der Waals surface area contributed by atoms with Gasteiger partial charge in [-0.25, -0.2) is 0 Å². The van der Waals surface area contributed by atoms with E-state index in [0.29, 0.717) is 6.10 Å². The standard InChI is InChI=1S/C12H15N3O/c1-2-11(8-13-5-1)16-10-3-4-12-9(6-10)7-14-15-12/h3-4,6-7,11,13H,1-2,5,8H2,(H,14,15). The predicted octanol–water partition coefficient (Wildman–Crippen LogP) is 1.69. The summed E-state index contributed by atoms with van der Waals surface area (Å²) in [6.07, 6.45) is 4.45. The number of piperidine rings is 1. The maximum absolute atomic E-state index is 5.93. The van der Waals surface area contributed by atoms with E-state index in [1.54, 1.807) is 0 Å². The second kappa shape index (κ2) is 4.14. The molecule has 1 unspecified atom stereocenters. The summed E-state index contributed by atoms with van der Waals surface area (Å²) >= 11 is 0. The van der Waals surface area contributed by atoms with Gasteiger partial charge >= 0.3 is 0 Å². The molecule has 2 aromatic rings. The first-order valence-electron chi connectivity index (χ1n) is 5.72. The number of fused-ring (bicyclic) bond motifs is 1. The fourth-order valence-corrected chi connectivity index (χ4v) is 2.11. The van der Waals surface area contributed by atoms with E-state index in [2.05, 4.69) is 15.5 Å². The topological polar surface area (TPSA) is 49.9 Å². The first-order valence-corrected chi connectivity index (χ1v) is 5.72. The number of rotatable bonds is 2. The highest BCUT2D eigenvalue weighted by atomic mass is 16.5. The zero-order valence-corrected chi connectivity index (χ0v) is 9.07. The van der Waals surface area contributed by atoms with Crippen molar-refractivity contribution in [1.29, 1.82) is 0 Å². The minimum Gasteiger partial charge on any atom is -0.489 e. The average Bonchev–Trinajstić information content (AvgIpc) is 2.77. The SMILES string of the molecule is c1cc2[nH]ncc2cc1OC1CCCNC1. The Bertz CT molecular complexity index is 474. The first kappa shape index (κ1) is 9.66. The van der Waals surface area contributed by atoms with E-state index in [0.717, 1.165) is 36.2 Å². The summed E-state index contributed by atoms with van der Waals surface area (Å²) in [4.78, 5) is 0. The highest BCUT2D eigenvalue weighted by Gasteiger charge is 2.14. The molecule has 1 aromatic heterocycles. The molecule has 1 atom stereocenters. The van der Waals surface area contributed by atoms with Gasteiger partial charge in [0, 0.05) is 11.9 Å². The van der Waals surface area contributed by atoms with Crippen LogP contribution < -0.4 is 10.1 Å². The van der Waals surface area contributed by atoms with E-state index < -0.39 is 0 Å². The minimum absolute atomic E-state index is 0.304. The van der Waals surface area contributed by atoms with E-state index in [1.807, 2.05) is 24.4 Å². The average molecular weight is 217 g/mol. The fraction of sp³-hybridized carbons (Fsp3) is 0.417. The quantitative estimate of drug-likeness (QED) is 0.805. The molecule has 3 rings (SSSR count). The van der Waals surface area contributed by atoms with E-state index in [1.165, 1.54) is 6.42 Å². The number of aromatic amines is 1. The summed E-state index contributed by atoms with van der Waals surface area (Å²) in [6.45, 7) is 2.06. The van der Waals surface area contributed by atoms with Crippen LogP contribution in [0.5, 0.6) is 5.75 Å². The lowest BCUT2D eigenvalue weighted by Gasteiger charge is -2.23. The van der Waals surface area contributed by atoms with Crippen molar-refractivity contribution < 1.29 is 4.74 Å². The number of benzene rings is 1. The highest BCUT2D eigenvalue weighted by molar-refractivity contribution is 5.79. The fourth-order valence-electron chi connectivity index (χ4n) is 2.11. The molecule has 0 amide bonds. The molecule has 0 bridgehead atoms. The van der Waals surface area contributed by atoms with Gasteiger partial charge in [-0.15, -0.1) is 0 Å². The Labute approximate surface area is 94.0 Å². The monoisotopic (exact) mass is 217 g/mol. The normalized spacial score (nSPS) is 21.1. The summed E-state index contributed by atoms with van der Waals surface area (Å²) in [5, 5.41) is 11.4. The minimum atomic E-state index is 0.304. The van der Waals surface area contributed by atoms with Gasteiger partial charge in [-0.1, -0.05) is 0 Å². The number of H-pyrrole nitrogens is 1. The van der Waals surface area contributed by atoms with Gasteiger partial charge in [0.2, 0.25) is 0 Å². The Hall–Kier alpha value is -1.55. The van der Waals surface area contributed by atoms with Crippen molar-refractivity contribution in [2.24, 2.45) is 0 Å². The lowest BCUT2D eigenvalue weighted by molar-refractivity contribution is 0.167. The van der Waals surface area contributed by atoms with Gasteiger partial charge in [-0.2, -0.15) is 5.10 Å². The van der Waals surface area contributed by atoms with Crippen molar-refractivity contribution in [3.63, 3.8) is 0 Å². The molecule has 4 nitrogen and oxygen atoms in total. The van der Waals surface area contributed by atoms with Crippen LogP contribution in [0, 0.1) is 0 Å². The Balaban J connectivity index is 1.77. The van der Waals surface area contributed by atoms with E-state index in [4.69, 9.17) is 4.74 Å². The van der Waals surface area contributed by atoms with Crippen LogP contribution in [-0.4, -0.2) is 29.4 Å². The van der Waals surface area contributed by atoms with Gasteiger partial charge in [0.1, 0.15) is 11.9 Å². The summed E-state index contributed by atoms with van der Waals surface area (Å²) < 4.78 is 5.93. The van der Waals surface area contributed by atoms with Crippen LogP contribution >= 0.6 is 0 Å². The molecule has 1 aromatic carbocycles. The zero-order chi connectivity index (χ0) is 10.8. The molecule has 0 spiro atoms. The van der Waals surface area contributed by atoms with E-state index in [9.17, 15) is 0 Å². The van der Waals surface area contributed by atoms with Crippen molar-refractivity contribution in [2.45, 2.75) is 18.9 Å². The molecule has 1 fully saturated rings. The number of nitrogens with zero attached hydrogens (tertiary/aromatic N) is 1. The Morgan fingerprint density at radius 3 is 3.25 bits per heavy atom. The highest BCUT2D eigenvalue weighted by Crippen LogP contribution is 2.21. The third-order valence-electron chi connectivity index (χ3n) is 2.97. The molecule has 0 saturated carbocycles. The molecule has 84 valence electrons. The van der Waals surface area contributed by atoms with E-state index >= 15 is 0 Å². The maximum atomic E-state index is 5.93. The molecule has 2 heterocycles. The molecule has 16 heavy (non-hydrogen) atoms. The largest absolute Gasteiger partial charge is 0.489 e. The lowest BCUT2D eigenvalue weighted by atomic mass is 10.1. The van der Waals surface area contributed by atoms with Crippen LogP contribution in [0.3, 0.4) is 0 Å². The van der Waals surface area contributed by atoms with Crippen LogP contribution in [0.2, 0.25) is 0 Å². The van der Waals surface area contributed by atoms with Crippen LogP contribution in [0.15, 0.2) is 24.4 Å². The van der Waals surface area contributed by atoms with Crippen molar-refractivity contribution in [2.75, 3.05) is 13.1 Å². The maximum Gasteiger partial charge on any atom is 0.120 e. The number of hydrogen-bond acceptors (Lipinski definition) is 3. The Morgan fingerprint density at radius 1 is 1.38 bits per heavy atom. The molecule has 2 N–H and O–H groups in total. The van der Waals surface area contributed by atoms with Crippen molar-refractivity contribution in [3.8, 4) is 5.75 Å². The van der Waals surface area contributed by atoms with Crippen LogP contribution in [-0.2, 0) is 0 Å². The number of hydrogen-bond donors (Lipinski definition) is 2. The summed E-state index contributed by atoms with van der Waals surface area (Å²) in [6, 6.07) is 6.04. The molecule has 0 radical (unpaired) electrons. The molecular weight excluding hydrogens is 202 g/mol. The Morgan fingerprint density at radius 2 is 2.38 bits per heavy atom. The van der Waals surface area contributed by atoms with Gasteiger partial charge in [0.05, 0.1) is 11.7 Å². The van der Waals surface area contributed by atoms with Crippen LogP contribution in [0.25, 0.3) is 10.9 Å². The molecular formula is C12H15N3O. The number of ether oxygens (including phenoxy) is 1. The van der Waals surface area contributed by atoms with Gasteiger partial charge < -0.3 is 10.1 Å². The first-order chi connectivity index (χ1) is 7.92. The Kier molecular flexibility index (Phi) is 2.50.